The number of ether oxygens (including phenoxy) is 2. The van der Waals surface area contributed by atoms with Crippen molar-refractivity contribution in [1.82, 2.24) is 0 Å². The average Bonchev–Trinajstić information content (AvgIpc) is 3.11. The van der Waals surface area contributed by atoms with Gasteiger partial charge in [-0.25, -0.2) is 0 Å². The molecule has 2 aliphatic rings. The smallest absolute Gasteiger partial charge is 0.163 e. The van der Waals surface area contributed by atoms with E-state index in [1.165, 1.54) is 25.7 Å². The monoisotopic (exact) mass is 329 g/mol. The van der Waals surface area contributed by atoms with E-state index >= 15 is 0 Å². The Bertz CT molecular complexity index is 617. The second kappa shape index (κ2) is 7.82. The molecule has 4 heteroatoms. The summed E-state index contributed by atoms with van der Waals surface area (Å²) in [7, 11) is 1.66. The molecule has 130 valence electrons. The molecule has 2 saturated carbocycles. The van der Waals surface area contributed by atoms with E-state index in [9.17, 15) is 4.79 Å². The third kappa shape index (κ3) is 3.97. The van der Waals surface area contributed by atoms with Crippen LogP contribution >= 0.6 is 0 Å². The summed E-state index contributed by atoms with van der Waals surface area (Å²) < 4.78 is 11.4. The average molecular weight is 329 g/mol. The van der Waals surface area contributed by atoms with Crippen LogP contribution in [0, 0.1) is 11.8 Å². The van der Waals surface area contributed by atoms with Gasteiger partial charge in [-0.2, -0.15) is 0 Å². The van der Waals surface area contributed by atoms with Crippen molar-refractivity contribution in [3.8, 4) is 11.5 Å². The molecular formula is C20H27NO3. The van der Waals surface area contributed by atoms with E-state index < -0.39 is 0 Å². The molecule has 0 spiro atoms. The Morgan fingerprint density at radius 2 is 1.92 bits per heavy atom. The Hall–Kier alpha value is -1.84. The van der Waals surface area contributed by atoms with Gasteiger partial charge in [0.15, 0.2) is 11.5 Å². The van der Waals surface area contributed by atoms with Gasteiger partial charge in [0.05, 0.1) is 25.3 Å². The van der Waals surface area contributed by atoms with Gasteiger partial charge in [0, 0.05) is 18.2 Å². The molecule has 3 rings (SSSR count). The van der Waals surface area contributed by atoms with Gasteiger partial charge in [-0.1, -0.05) is 19.8 Å². The summed E-state index contributed by atoms with van der Waals surface area (Å²) in [4.78, 5) is 16.6. The van der Waals surface area contributed by atoms with E-state index in [0.717, 1.165) is 42.3 Å². The minimum absolute atomic E-state index is 0.0660. The molecule has 4 nitrogen and oxygen atoms in total. The molecular weight excluding hydrogens is 302 g/mol. The lowest BCUT2D eigenvalue weighted by atomic mass is 9.87. The second-order valence-electron chi connectivity index (χ2n) is 6.94. The molecule has 0 radical (unpaired) electrons. The quantitative estimate of drug-likeness (QED) is 0.785. The normalized spacial score (nSPS) is 23.7. The summed E-state index contributed by atoms with van der Waals surface area (Å²) in [5, 5.41) is 0. The van der Waals surface area contributed by atoms with Gasteiger partial charge >= 0.3 is 0 Å². The van der Waals surface area contributed by atoms with Crippen molar-refractivity contribution < 1.29 is 14.3 Å². The molecule has 0 aliphatic heterocycles. The molecule has 1 aromatic carbocycles. The summed E-state index contributed by atoms with van der Waals surface area (Å²) in [6.07, 6.45) is 7.61. The first-order valence-corrected chi connectivity index (χ1v) is 9.08. The zero-order valence-corrected chi connectivity index (χ0v) is 14.7. The fraction of sp³-hybridized carbons (Fsp3) is 0.600. The van der Waals surface area contributed by atoms with Crippen molar-refractivity contribution in [3.05, 3.63) is 18.2 Å². The topological polar surface area (TPSA) is 47.9 Å². The third-order valence-corrected chi connectivity index (χ3v) is 5.21. The Morgan fingerprint density at radius 1 is 1.12 bits per heavy atom. The van der Waals surface area contributed by atoms with Gasteiger partial charge < -0.3 is 9.47 Å². The SMILES string of the molecule is COc1ccc(N=C2CCCC(=O)C2C)cc1OCC1CCCC1. The number of hydrogen-bond donors (Lipinski definition) is 0. The Balaban J connectivity index is 1.76. The maximum Gasteiger partial charge on any atom is 0.163 e. The number of Topliss-reactive ketones (excluding diaryl/α,β-unsaturated/α-hetero) is 1. The first kappa shape index (κ1) is 17.0. The van der Waals surface area contributed by atoms with Crippen LogP contribution in [0.15, 0.2) is 23.2 Å². The van der Waals surface area contributed by atoms with Crippen molar-refractivity contribution in [2.24, 2.45) is 16.8 Å². The first-order chi connectivity index (χ1) is 11.7. The third-order valence-electron chi connectivity index (χ3n) is 5.21. The van der Waals surface area contributed by atoms with E-state index in [-0.39, 0.29) is 5.92 Å². The predicted octanol–water partition coefficient (Wildman–Crippen LogP) is 4.73. The summed E-state index contributed by atoms with van der Waals surface area (Å²) in [5.74, 6) is 2.38. The number of rotatable bonds is 5. The maximum absolute atomic E-state index is 11.9. The van der Waals surface area contributed by atoms with Crippen molar-refractivity contribution in [2.45, 2.75) is 51.9 Å². The highest BCUT2D eigenvalue weighted by atomic mass is 16.5. The zero-order valence-electron chi connectivity index (χ0n) is 14.7. The van der Waals surface area contributed by atoms with Crippen molar-refractivity contribution in [1.29, 1.82) is 0 Å². The highest BCUT2D eigenvalue weighted by molar-refractivity contribution is 6.07. The minimum atomic E-state index is -0.0660. The van der Waals surface area contributed by atoms with Crippen LogP contribution in [-0.4, -0.2) is 25.2 Å². The number of benzene rings is 1. The van der Waals surface area contributed by atoms with Crippen molar-refractivity contribution in [2.75, 3.05) is 13.7 Å². The highest BCUT2D eigenvalue weighted by Gasteiger charge is 2.24. The molecule has 1 atom stereocenters. The molecule has 1 aromatic rings. The van der Waals surface area contributed by atoms with Crippen LogP contribution in [0.1, 0.15) is 51.9 Å². The second-order valence-corrected chi connectivity index (χ2v) is 6.94. The summed E-state index contributed by atoms with van der Waals surface area (Å²) in [6, 6.07) is 5.77. The van der Waals surface area contributed by atoms with Gasteiger partial charge in [-0.3, -0.25) is 9.79 Å². The number of carbonyl (C=O) groups is 1. The molecule has 0 heterocycles. The maximum atomic E-state index is 11.9. The van der Waals surface area contributed by atoms with Crippen LogP contribution in [0.2, 0.25) is 0 Å². The van der Waals surface area contributed by atoms with Crippen LogP contribution in [0.4, 0.5) is 5.69 Å². The van der Waals surface area contributed by atoms with Gasteiger partial charge in [-0.05, 0) is 43.7 Å². The number of nitrogens with zero attached hydrogens (tertiary/aromatic N) is 1. The number of methoxy groups -OCH3 is 1. The number of aliphatic imine (C=N–C) groups is 1. The summed E-state index contributed by atoms with van der Waals surface area (Å²) in [5.41, 5.74) is 1.83. The van der Waals surface area contributed by atoms with Gasteiger partial charge in [0.1, 0.15) is 5.78 Å². The van der Waals surface area contributed by atoms with E-state index in [4.69, 9.17) is 14.5 Å². The molecule has 2 fully saturated rings. The van der Waals surface area contributed by atoms with Crippen LogP contribution in [0.5, 0.6) is 11.5 Å². The molecule has 0 bridgehead atoms. The highest BCUT2D eigenvalue weighted by Crippen LogP contribution is 2.34. The van der Waals surface area contributed by atoms with Crippen molar-refractivity contribution in [3.63, 3.8) is 0 Å². The van der Waals surface area contributed by atoms with Gasteiger partial charge in [-0.15, -0.1) is 0 Å². The number of hydrogen-bond acceptors (Lipinski definition) is 4. The van der Waals surface area contributed by atoms with E-state index in [2.05, 4.69) is 0 Å². The van der Waals surface area contributed by atoms with Crippen LogP contribution < -0.4 is 9.47 Å². The number of ketones is 1. The molecule has 0 N–H and O–H groups in total. The Kier molecular flexibility index (Phi) is 5.54. The lowest BCUT2D eigenvalue weighted by molar-refractivity contribution is -0.121. The molecule has 24 heavy (non-hydrogen) atoms. The predicted molar refractivity (Wildman–Crippen MR) is 95.6 cm³/mol. The fourth-order valence-corrected chi connectivity index (χ4v) is 3.61. The standard InChI is InChI=1S/C20H27NO3/c1-14-17(8-5-9-18(14)22)21-16-10-11-19(23-2)20(12-16)24-13-15-6-3-4-7-15/h10-12,14-15H,3-9,13H2,1-2H3. The molecule has 0 saturated heterocycles. The molecule has 0 amide bonds. The van der Waals surface area contributed by atoms with Crippen LogP contribution in [0.25, 0.3) is 0 Å². The largest absolute Gasteiger partial charge is 0.493 e. The van der Waals surface area contributed by atoms with E-state index in [1.54, 1.807) is 7.11 Å². The first-order valence-electron chi connectivity index (χ1n) is 9.08. The van der Waals surface area contributed by atoms with Crippen LogP contribution in [-0.2, 0) is 4.79 Å². The Labute approximate surface area is 144 Å². The van der Waals surface area contributed by atoms with Crippen molar-refractivity contribution >= 4 is 17.2 Å². The lowest BCUT2D eigenvalue weighted by Crippen LogP contribution is -2.25. The van der Waals surface area contributed by atoms with E-state index in [1.807, 2.05) is 25.1 Å². The van der Waals surface area contributed by atoms with Gasteiger partial charge in [0.2, 0.25) is 0 Å². The van der Waals surface area contributed by atoms with Gasteiger partial charge in [0.25, 0.3) is 0 Å². The lowest BCUT2D eigenvalue weighted by Gasteiger charge is -2.19. The molecule has 0 aromatic heterocycles. The molecule has 2 aliphatic carbocycles. The summed E-state index contributed by atoms with van der Waals surface area (Å²) in [6.45, 7) is 2.70. The Morgan fingerprint density at radius 3 is 2.67 bits per heavy atom. The minimum Gasteiger partial charge on any atom is -0.493 e. The fourth-order valence-electron chi connectivity index (χ4n) is 3.61. The van der Waals surface area contributed by atoms with Crippen LogP contribution in [0.3, 0.4) is 0 Å². The van der Waals surface area contributed by atoms with E-state index in [0.29, 0.717) is 18.1 Å². The number of carbonyl (C=O) groups excluding carboxylic acids is 1. The summed E-state index contributed by atoms with van der Waals surface area (Å²) >= 11 is 0. The zero-order chi connectivity index (χ0) is 16.9. The molecule has 1 unspecified atom stereocenters.